The van der Waals surface area contributed by atoms with Crippen molar-refractivity contribution in [3.63, 3.8) is 0 Å². The van der Waals surface area contributed by atoms with E-state index in [1.54, 1.807) is 22.9 Å². The minimum atomic E-state index is -0.330. The van der Waals surface area contributed by atoms with E-state index in [0.29, 0.717) is 24.5 Å². The van der Waals surface area contributed by atoms with Gasteiger partial charge >= 0.3 is 0 Å². The maximum Gasteiger partial charge on any atom is 0.298 e. The Kier molecular flexibility index (Phi) is 4.05. The first kappa shape index (κ1) is 16.2. The number of ether oxygens (including phenoxy) is 1. The molecule has 0 saturated carbocycles. The molecule has 3 heterocycles. The fourth-order valence-electron chi connectivity index (χ4n) is 3.42. The van der Waals surface area contributed by atoms with E-state index in [1.165, 1.54) is 12.1 Å². The van der Waals surface area contributed by atoms with Gasteiger partial charge in [0.25, 0.3) is 5.56 Å². The van der Waals surface area contributed by atoms with E-state index >= 15 is 0 Å². The molecule has 6 nitrogen and oxygen atoms in total. The smallest absolute Gasteiger partial charge is 0.298 e. The Labute approximate surface area is 145 Å². The minimum absolute atomic E-state index is 0.182. The van der Waals surface area contributed by atoms with Crippen molar-refractivity contribution >= 4 is 5.82 Å². The van der Waals surface area contributed by atoms with Gasteiger partial charge in [0.2, 0.25) is 0 Å². The van der Waals surface area contributed by atoms with Gasteiger partial charge in [-0.2, -0.15) is 0 Å². The van der Waals surface area contributed by atoms with Crippen LogP contribution in [0.1, 0.15) is 12.1 Å². The average molecular weight is 344 g/mol. The molecule has 0 atom stereocenters. The maximum atomic E-state index is 13.2. The Morgan fingerprint density at radius 1 is 1.24 bits per heavy atom. The first-order chi connectivity index (χ1) is 12.1. The summed E-state index contributed by atoms with van der Waals surface area (Å²) >= 11 is 0. The van der Waals surface area contributed by atoms with Crippen LogP contribution in [0.15, 0.2) is 35.3 Å². The number of nitrogens with two attached hydrogens (primary N) is 1. The number of aromatic nitrogens is 2. The second-order valence-electron chi connectivity index (χ2n) is 6.95. The van der Waals surface area contributed by atoms with Crippen LogP contribution >= 0.6 is 0 Å². The fourth-order valence-corrected chi connectivity index (χ4v) is 3.42. The number of rotatable bonds is 5. The van der Waals surface area contributed by atoms with Crippen LogP contribution in [0.3, 0.4) is 0 Å². The van der Waals surface area contributed by atoms with Gasteiger partial charge in [0, 0.05) is 25.0 Å². The van der Waals surface area contributed by atoms with E-state index in [4.69, 9.17) is 10.5 Å². The number of aryl methyl sites for hydroxylation is 1. The standard InChI is InChI=1S/C18H21FN4O2/c19-13-3-5-15(6-4-13)23-8-14(2-1-7-20)21-16(17(23)24)22-9-18(10-22)11-25-12-18/h3-6,8H,1-2,7,9-12,20H2. The molecule has 2 aromatic rings. The topological polar surface area (TPSA) is 73.4 Å². The van der Waals surface area contributed by atoms with Crippen molar-refractivity contribution in [1.29, 1.82) is 0 Å². The van der Waals surface area contributed by atoms with Gasteiger partial charge < -0.3 is 15.4 Å². The Morgan fingerprint density at radius 3 is 2.56 bits per heavy atom. The zero-order valence-electron chi connectivity index (χ0n) is 13.9. The maximum absolute atomic E-state index is 13.2. The van der Waals surface area contributed by atoms with Gasteiger partial charge in [-0.05, 0) is 43.7 Å². The van der Waals surface area contributed by atoms with E-state index in [9.17, 15) is 9.18 Å². The third-order valence-corrected chi connectivity index (χ3v) is 4.85. The highest BCUT2D eigenvalue weighted by Crippen LogP contribution is 2.38. The molecular weight excluding hydrogens is 323 g/mol. The third kappa shape index (κ3) is 2.94. The summed E-state index contributed by atoms with van der Waals surface area (Å²) in [6, 6.07) is 5.91. The Hall–Kier alpha value is -2.25. The van der Waals surface area contributed by atoms with E-state index in [1.807, 2.05) is 4.90 Å². The van der Waals surface area contributed by atoms with Gasteiger partial charge in [0.15, 0.2) is 5.82 Å². The second kappa shape index (κ2) is 6.24. The first-order valence-electron chi connectivity index (χ1n) is 8.52. The van der Waals surface area contributed by atoms with Crippen LogP contribution in [0.25, 0.3) is 5.69 Å². The van der Waals surface area contributed by atoms with E-state index < -0.39 is 0 Å². The normalized spacial score (nSPS) is 18.1. The van der Waals surface area contributed by atoms with Crippen molar-refractivity contribution in [2.24, 2.45) is 11.1 Å². The monoisotopic (exact) mass is 344 g/mol. The lowest BCUT2D eigenvalue weighted by molar-refractivity contribution is -0.127. The Morgan fingerprint density at radius 2 is 1.96 bits per heavy atom. The van der Waals surface area contributed by atoms with Gasteiger partial charge in [-0.15, -0.1) is 0 Å². The summed E-state index contributed by atoms with van der Waals surface area (Å²) in [5.74, 6) is 0.125. The molecule has 2 saturated heterocycles. The zero-order valence-corrected chi connectivity index (χ0v) is 13.9. The lowest BCUT2D eigenvalue weighted by Gasteiger charge is -2.55. The summed E-state index contributed by atoms with van der Waals surface area (Å²) in [6.07, 6.45) is 3.23. The van der Waals surface area contributed by atoms with Crippen molar-refractivity contribution in [3.8, 4) is 5.69 Å². The average Bonchev–Trinajstić information content (AvgIpc) is 2.53. The zero-order chi connectivity index (χ0) is 17.4. The highest BCUT2D eigenvalue weighted by molar-refractivity contribution is 5.45. The fraction of sp³-hybridized carbons (Fsp3) is 0.444. The van der Waals surface area contributed by atoms with Crippen LogP contribution in [-0.4, -0.2) is 42.4 Å². The summed E-state index contributed by atoms with van der Waals surface area (Å²) in [5.41, 5.74) is 7.07. The number of nitrogens with zero attached hydrogens (tertiary/aromatic N) is 3. The third-order valence-electron chi connectivity index (χ3n) is 4.85. The number of anilines is 1. The summed E-state index contributed by atoms with van der Waals surface area (Å²) in [6.45, 7) is 3.65. The van der Waals surface area contributed by atoms with Crippen LogP contribution in [0, 0.1) is 11.2 Å². The van der Waals surface area contributed by atoms with Crippen LogP contribution in [-0.2, 0) is 11.2 Å². The quantitative estimate of drug-likeness (QED) is 0.879. The number of benzene rings is 1. The van der Waals surface area contributed by atoms with Crippen LogP contribution in [0.2, 0.25) is 0 Å². The van der Waals surface area contributed by atoms with Crippen LogP contribution in [0.4, 0.5) is 10.2 Å². The van der Waals surface area contributed by atoms with Crippen molar-refractivity contribution in [1.82, 2.24) is 9.55 Å². The molecule has 1 aromatic heterocycles. The highest BCUT2D eigenvalue weighted by atomic mass is 19.1. The molecule has 2 fully saturated rings. The molecule has 0 amide bonds. The molecule has 132 valence electrons. The molecule has 2 aliphatic heterocycles. The predicted molar refractivity (Wildman–Crippen MR) is 92.6 cm³/mol. The lowest BCUT2D eigenvalue weighted by Crippen LogP contribution is -2.67. The lowest BCUT2D eigenvalue weighted by atomic mass is 9.78. The summed E-state index contributed by atoms with van der Waals surface area (Å²) in [5, 5.41) is 0. The second-order valence-corrected chi connectivity index (χ2v) is 6.95. The molecule has 0 aliphatic carbocycles. The van der Waals surface area contributed by atoms with E-state index in [0.717, 1.165) is 38.4 Å². The molecule has 25 heavy (non-hydrogen) atoms. The molecule has 0 radical (unpaired) electrons. The molecule has 0 bridgehead atoms. The first-order valence-corrected chi connectivity index (χ1v) is 8.52. The molecule has 0 unspecified atom stereocenters. The molecule has 1 aromatic carbocycles. The molecule has 2 N–H and O–H groups in total. The molecule has 7 heteroatoms. The Bertz CT molecular complexity index is 822. The number of hydrogen-bond acceptors (Lipinski definition) is 5. The van der Waals surface area contributed by atoms with Gasteiger partial charge in [-0.25, -0.2) is 9.37 Å². The SMILES string of the molecule is NCCCc1cn(-c2ccc(F)cc2)c(=O)c(N2CC3(COC3)C2)n1. The Balaban J connectivity index is 1.71. The summed E-state index contributed by atoms with van der Waals surface area (Å²) < 4.78 is 20.1. The predicted octanol–water partition coefficient (Wildman–Crippen LogP) is 1.10. The van der Waals surface area contributed by atoms with Crippen LogP contribution in [0.5, 0.6) is 0 Å². The largest absolute Gasteiger partial charge is 0.380 e. The summed E-state index contributed by atoms with van der Waals surface area (Å²) in [4.78, 5) is 19.5. The molecular formula is C18H21FN4O2. The van der Waals surface area contributed by atoms with Crippen molar-refractivity contribution in [3.05, 3.63) is 52.3 Å². The van der Waals surface area contributed by atoms with Gasteiger partial charge in [-0.1, -0.05) is 0 Å². The van der Waals surface area contributed by atoms with Crippen molar-refractivity contribution in [2.45, 2.75) is 12.8 Å². The molecule has 2 aliphatic rings. The van der Waals surface area contributed by atoms with Crippen LogP contribution < -0.4 is 16.2 Å². The highest BCUT2D eigenvalue weighted by Gasteiger charge is 2.50. The van der Waals surface area contributed by atoms with Gasteiger partial charge in [0.1, 0.15) is 5.82 Å². The van der Waals surface area contributed by atoms with Gasteiger partial charge in [-0.3, -0.25) is 9.36 Å². The number of hydrogen-bond donors (Lipinski definition) is 1. The van der Waals surface area contributed by atoms with Crippen molar-refractivity contribution < 1.29 is 9.13 Å². The molecule has 4 rings (SSSR count). The number of halogens is 1. The minimum Gasteiger partial charge on any atom is -0.380 e. The van der Waals surface area contributed by atoms with Crippen molar-refractivity contribution in [2.75, 3.05) is 37.7 Å². The van der Waals surface area contributed by atoms with E-state index in [2.05, 4.69) is 4.98 Å². The van der Waals surface area contributed by atoms with Gasteiger partial charge in [0.05, 0.1) is 24.3 Å². The molecule has 1 spiro atoms. The van der Waals surface area contributed by atoms with E-state index in [-0.39, 0.29) is 16.8 Å². The summed E-state index contributed by atoms with van der Waals surface area (Å²) in [7, 11) is 0.